The van der Waals surface area contributed by atoms with Gasteiger partial charge in [-0.25, -0.2) is 8.42 Å². The van der Waals surface area contributed by atoms with Crippen LogP contribution < -0.4 is 4.74 Å². The summed E-state index contributed by atoms with van der Waals surface area (Å²) in [7, 11) is -2.16. The van der Waals surface area contributed by atoms with Gasteiger partial charge in [-0.15, -0.1) is 11.6 Å². The van der Waals surface area contributed by atoms with Gasteiger partial charge in [-0.1, -0.05) is 6.07 Å². The van der Waals surface area contributed by atoms with E-state index in [-0.39, 0.29) is 16.8 Å². The van der Waals surface area contributed by atoms with Gasteiger partial charge in [0.2, 0.25) is 10.0 Å². The van der Waals surface area contributed by atoms with Crippen LogP contribution in [0.4, 0.5) is 0 Å². The highest BCUT2D eigenvalue weighted by atomic mass is 35.5. The number of benzene rings is 1. The summed E-state index contributed by atoms with van der Waals surface area (Å²) in [6.45, 7) is 2.98. The van der Waals surface area contributed by atoms with Crippen LogP contribution in [0.15, 0.2) is 23.1 Å². The van der Waals surface area contributed by atoms with Gasteiger partial charge in [-0.2, -0.15) is 4.31 Å². The first-order valence-corrected chi connectivity index (χ1v) is 8.30. The van der Waals surface area contributed by atoms with E-state index in [1.807, 2.05) is 6.92 Å². The van der Waals surface area contributed by atoms with Gasteiger partial charge in [0.1, 0.15) is 10.6 Å². The van der Waals surface area contributed by atoms with Crippen LogP contribution in [0, 0.1) is 0 Å². The van der Waals surface area contributed by atoms with Gasteiger partial charge in [0.25, 0.3) is 0 Å². The molecule has 5 nitrogen and oxygen atoms in total. The number of rotatable bonds is 4. The fourth-order valence-corrected chi connectivity index (χ4v) is 4.18. The van der Waals surface area contributed by atoms with Crippen molar-refractivity contribution < 1.29 is 17.9 Å². The van der Waals surface area contributed by atoms with E-state index in [2.05, 4.69) is 0 Å². The summed E-state index contributed by atoms with van der Waals surface area (Å²) in [5, 5.41) is 0. The highest BCUT2D eigenvalue weighted by Crippen LogP contribution is 2.30. The number of alkyl halides is 1. The zero-order valence-corrected chi connectivity index (χ0v) is 13.1. The molecule has 0 aromatic heterocycles. The molecule has 0 saturated carbocycles. The van der Waals surface area contributed by atoms with Gasteiger partial charge in [-0.3, -0.25) is 0 Å². The number of methoxy groups -OCH3 is 1. The topological polar surface area (TPSA) is 55.8 Å². The maximum Gasteiger partial charge on any atom is 0.247 e. The molecule has 20 heavy (non-hydrogen) atoms. The van der Waals surface area contributed by atoms with E-state index >= 15 is 0 Å². The van der Waals surface area contributed by atoms with Crippen LogP contribution in [0.1, 0.15) is 12.5 Å². The summed E-state index contributed by atoms with van der Waals surface area (Å²) in [5.74, 6) is 0.586. The van der Waals surface area contributed by atoms with Gasteiger partial charge in [0, 0.05) is 18.5 Å². The summed E-state index contributed by atoms with van der Waals surface area (Å²) in [5.41, 5.74) is 0.743. The Labute approximate surface area is 124 Å². The van der Waals surface area contributed by atoms with Gasteiger partial charge in [0.15, 0.2) is 0 Å². The number of sulfonamides is 1. The lowest BCUT2D eigenvalue weighted by molar-refractivity contribution is 0.0392. The monoisotopic (exact) mass is 319 g/mol. The standard InChI is InChI=1S/C13H18ClNO4S/c1-10-9-19-6-5-15(10)20(16,17)13-7-11(8-14)3-4-12(13)18-2/h3-4,7,10H,5-6,8-9H2,1-2H3. The molecule has 0 aliphatic carbocycles. The maximum atomic E-state index is 12.8. The molecule has 1 saturated heterocycles. The van der Waals surface area contributed by atoms with Crippen molar-refractivity contribution in [1.82, 2.24) is 4.31 Å². The second kappa shape index (κ2) is 6.30. The van der Waals surface area contributed by atoms with E-state index in [0.29, 0.717) is 25.5 Å². The molecule has 1 aliphatic rings. The lowest BCUT2D eigenvalue weighted by atomic mass is 10.2. The molecule has 1 aromatic rings. The van der Waals surface area contributed by atoms with E-state index in [1.165, 1.54) is 11.4 Å². The molecule has 1 atom stereocenters. The fraction of sp³-hybridized carbons (Fsp3) is 0.538. The molecule has 1 heterocycles. The summed E-state index contributed by atoms with van der Waals surface area (Å²) < 4.78 is 37.5. The third-order valence-electron chi connectivity index (χ3n) is 3.28. The molecule has 1 unspecified atom stereocenters. The van der Waals surface area contributed by atoms with Crippen LogP contribution in [0.5, 0.6) is 5.75 Å². The summed E-state index contributed by atoms with van der Waals surface area (Å²) in [4.78, 5) is 0.159. The van der Waals surface area contributed by atoms with Crippen molar-refractivity contribution in [1.29, 1.82) is 0 Å². The van der Waals surface area contributed by atoms with E-state index in [9.17, 15) is 8.42 Å². The Balaban J connectivity index is 2.47. The third-order valence-corrected chi connectivity index (χ3v) is 5.62. The van der Waals surface area contributed by atoms with Crippen molar-refractivity contribution in [3.05, 3.63) is 23.8 Å². The van der Waals surface area contributed by atoms with Crippen LogP contribution in [-0.4, -0.2) is 45.6 Å². The normalized spacial score (nSPS) is 20.9. The summed E-state index contributed by atoms with van der Waals surface area (Å²) >= 11 is 5.79. The first kappa shape index (κ1) is 15.6. The van der Waals surface area contributed by atoms with Gasteiger partial charge < -0.3 is 9.47 Å². The number of hydrogen-bond acceptors (Lipinski definition) is 4. The van der Waals surface area contributed by atoms with E-state index in [0.717, 1.165) is 5.56 Å². The molecule has 2 rings (SSSR count). The highest BCUT2D eigenvalue weighted by molar-refractivity contribution is 7.89. The lowest BCUT2D eigenvalue weighted by Crippen LogP contribution is -2.47. The van der Waals surface area contributed by atoms with Gasteiger partial charge >= 0.3 is 0 Å². The Kier molecular flexibility index (Phi) is 4.90. The maximum absolute atomic E-state index is 12.8. The molecule has 1 aromatic carbocycles. The summed E-state index contributed by atoms with van der Waals surface area (Å²) in [6, 6.07) is 4.77. The minimum Gasteiger partial charge on any atom is -0.495 e. The second-order valence-corrected chi connectivity index (χ2v) is 6.78. The number of hydrogen-bond donors (Lipinski definition) is 0. The zero-order chi connectivity index (χ0) is 14.8. The lowest BCUT2D eigenvalue weighted by Gasteiger charge is -2.32. The molecule has 1 fully saturated rings. The molecular formula is C13H18ClNO4S. The quantitative estimate of drug-likeness (QED) is 0.795. The Morgan fingerprint density at radius 1 is 1.50 bits per heavy atom. The predicted octanol–water partition coefficient (Wildman–Crippen LogP) is 1.84. The fourth-order valence-electron chi connectivity index (χ4n) is 2.20. The zero-order valence-electron chi connectivity index (χ0n) is 11.5. The number of nitrogens with zero attached hydrogens (tertiary/aromatic N) is 1. The van der Waals surface area contributed by atoms with E-state index < -0.39 is 10.0 Å². The molecular weight excluding hydrogens is 302 g/mol. The molecule has 0 spiro atoms. The Hall–Kier alpha value is -0.820. The first-order chi connectivity index (χ1) is 9.50. The van der Waals surface area contributed by atoms with Crippen LogP contribution in [0.3, 0.4) is 0 Å². The highest BCUT2D eigenvalue weighted by Gasteiger charge is 2.33. The molecule has 1 aliphatic heterocycles. The Bertz CT molecular complexity index is 576. The molecule has 112 valence electrons. The van der Waals surface area contributed by atoms with Crippen LogP contribution >= 0.6 is 11.6 Å². The van der Waals surface area contributed by atoms with Gasteiger partial charge in [0.05, 0.1) is 20.3 Å². The SMILES string of the molecule is COc1ccc(CCl)cc1S(=O)(=O)N1CCOCC1C. The molecule has 0 bridgehead atoms. The molecule has 0 amide bonds. The first-order valence-electron chi connectivity index (χ1n) is 6.33. The number of ether oxygens (including phenoxy) is 2. The number of morpholine rings is 1. The predicted molar refractivity (Wildman–Crippen MR) is 76.7 cm³/mol. The van der Waals surface area contributed by atoms with Crippen LogP contribution in [0.2, 0.25) is 0 Å². The second-order valence-electron chi connectivity index (χ2n) is 4.66. The Morgan fingerprint density at radius 3 is 2.85 bits per heavy atom. The minimum absolute atomic E-state index is 0.159. The average Bonchev–Trinajstić information content (AvgIpc) is 2.46. The van der Waals surface area contributed by atoms with E-state index in [1.54, 1.807) is 18.2 Å². The van der Waals surface area contributed by atoms with Crippen LogP contribution in [0.25, 0.3) is 0 Å². The van der Waals surface area contributed by atoms with Crippen LogP contribution in [-0.2, 0) is 20.6 Å². The number of halogens is 1. The summed E-state index contributed by atoms with van der Waals surface area (Å²) in [6.07, 6.45) is 0. The largest absolute Gasteiger partial charge is 0.495 e. The van der Waals surface area contributed by atoms with Gasteiger partial charge in [-0.05, 0) is 24.6 Å². The van der Waals surface area contributed by atoms with Crippen molar-refractivity contribution in [3.63, 3.8) is 0 Å². The Morgan fingerprint density at radius 2 is 2.25 bits per heavy atom. The minimum atomic E-state index is -3.62. The van der Waals surface area contributed by atoms with Crippen molar-refractivity contribution in [3.8, 4) is 5.75 Å². The molecule has 7 heteroatoms. The molecule has 0 radical (unpaired) electrons. The third kappa shape index (κ3) is 2.93. The molecule has 0 N–H and O–H groups in total. The van der Waals surface area contributed by atoms with Crippen molar-refractivity contribution in [2.75, 3.05) is 26.9 Å². The average molecular weight is 320 g/mol. The van der Waals surface area contributed by atoms with Crippen molar-refractivity contribution in [2.45, 2.75) is 23.7 Å². The van der Waals surface area contributed by atoms with E-state index in [4.69, 9.17) is 21.1 Å². The smallest absolute Gasteiger partial charge is 0.247 e. The van der Waals surface area contributed by atoms with Crippen molar-refractivity contribution in [2.24, 2.45) is 0 Å². The van der Waals surface area contributed by atoms with Crippen molar-refractivity contribution >= 4 is 21.6 Å².